The first-order valence-electron chi connectivity index (χ1n) is 8.25. The van der Waals surface area contributed by atoms with Crippen LogP contribution in [0.5, 0.6) is 0 Å². The van der Waals surface area contributed by atoms with Gasteiger partial charge in [0.15, 0.2) is 5.96 Å². The number of aliphatic imine (C=N–C) groups is 1. The molecule has 3 aromatic rings. The minimum atomic E-state index is -0.419. The number of para-hydroxylation sites is 1. The molecule has 3 rings (SSSR count). The van der Waals surface area contributed by atoms with Gasteiger partial charge >= 0.3 is 0 Å². The average molecular weight is 478 g/mol. The van der Waals surface area contributed by atoms with Gasteiger partial charge in [-0.15, -0.1) is 24.0 Å². The summed E-state index contributed by atoms with van der Waals surface area (Å²) in [7, 11) is 1.65. The number of nitriles is 1. The van der Waals surface area contributed by atoms with Gasteiger partial charge in [0.25, 0.3) is 0 Å². The summed E-state index contributed by atoms with van der Waals surface area (Å²) in [5, 5.41) is 16.1. The van der Waals surface area contributed by atoms with E-state index in [9.17, 15) is 4.39 Å². The van der Waals surface area contributed by atoms with Crippen LogP contribution in [0.25, 0.3) is 11.0 Å². The van der Waals surface area contributed by atoms with E-state index in [1.54, 1.807) is 19.2 Å². The average Bonchev–Trinajstić information content (AvgIpc) is 3.10. The Morgan fingerprint density at radius 2 is 2.04 bits per heavy atom. The van der Waals surface area contributed by atoms with Gasteiger partial charge in [-0.3, -0.25) is 4.99 Å². The largest absolute Gasteiger partial charge is 0.459 e. The summed E-state index contributed by atoms with van der Waals surface area (Å²) in [5.74, 6) is 0.901. The predicted molar refractivity (Wildman–Crippen MR) is 114 cm³/mol. The number of nitrogens with one attached hydrogen (secondary N) is 2. The Morgan fingerprint density at radius 1 is 1.26 bits per heavy atom. The fourth-order valence-corrected chi connectivity index (χ4v) is 2.63. The number of halogens is 2. The fourth-order valence-electron chi connectivity index (χ4n) is 2.63. The Hall–Kier alpha value is -2.60. The van der Waals surface area contributed by atoms with E-state index in [4.69, 9.17) is 9.68 Å². The quantitative estimate of drug-likeness (QED) is 0.330. The number of hydrogen-bond acceptors (Lipinski definition) is 3. The van der Waals surface area contributed by atoms with Crippen molar-refractivity contribution in [1.29, 1.82) is 5.26 Å². The molecule has 1 unspecified atom stereocenters. The summed E-state index contributed by atoms with van der Waals surface area (Å²) in [5.41, 5.74) is 1.59. The lowest BCUT2D eigenvalue weighted by atomic mass is 10.1. The molecule has 0 fully saturated rings. The third kappa shape index (κ3) is 4.98. The van der Waals surface area contributed by atoms with Gasteiger partial charge in [-0.1, -0.05) is 24.3 Å². The zero-order chi connectivity index (χ0) is 18.5. The molecule has 7 heteroatoms. The normalized spacial score (nSPS) is 12.1. The second-order valence-electron chi connectivity index (χ2n) is 5.90. The summed E-state index contributed by atoms with van der Waals surface area (Å²) in [4.78, 5) is 4.16. The summed E-state index contributed by atoms with van der Waals surface area (Å²) in [6.07, 6.45) is 0. The van der Waals surface area contributed by atoms with Crippen LogP contribution in [0.3, 0.4) is 0 Å². The second kappa shape index (κ2) is 9.37. The van der Waals surface area contributed by atoms with Crippen LogP contribution in [-0.2, 0) is 6.54 Å². The first kappa shape index (κ1) is 20.7. The molecular weight excluding hydrogens is 458 g/mol. The molecule has 2 aromatic carbocycles. The van der Waals surface area contributed by atoms with Crippen LogP contribution in [0.4, 0.5) is 4.39 Å². The number of hydrogen-bond donors (Lipinski definition) is 2. The number of guanidine groups is 1. The van der Waals surface area contributed by atoms with Gasteiger partial charge < -0.3 is 15.1 Å². The zero-order valence-electron chi connectivity index (χ0n) is 15.0. The standard InChI is InChI=1S/C20H19FN4O.HI/c1-13(19-10-15-5-3-4-6-18(15)26-19)25-20(23-2)24-12-16-8-7-14(11-22)9-17(16)21;/h3-10,13H,12H2,1-2H3,(H2,23,24,25);1H. The molecule has 0 saturated carbocycles. The highest BCUT2D eigenvalue weighted by Crippen LogP contribution is 2.23. The fraction of sp³-hybridized carbons (Fsp3) is 0.200. The molecule has 1 heterocycles. The maximum absolute atomic E-state index is 14.0. The third-order valence-corrected chi connectivity index (χ3v) is 4.08. The Labute approximate surface area is 174 Å². The lowest BCUT2D eigenvalue weighted by Crippen LogP contribution is -2.38. The van der Waals surface area contributed by atoms with E-state index in [0.717, 1.165) is 16.7 Å². The molecule has 0 aliphatic carbocycles. The van der Waals surface area contributed by atoms with Gasteiger partial charge in [-0.05, 0) is 31.2 Å². The van der Waals surface area contributed by atoms with Crippen molar-refractivity contribution >= 4 is 40.9 Å². The lowest BCUT2D eigenvalue weighted by molar-refractivity contribution is 0.488. The van der Waals surface area contributed by atoms with Gasteiger partial charge in [0.05, 0.1) is 17.7 Å². The molecule has 140 valence electrons. The lowest BCUT2D eigenvalue weighted by Gasteiger charge is -2.16. The Kier molecular flexibility index (Phi) is 7.19. The number of furan rings is 1. The smallest absolute Gasteiger partial charge is 0.191 e. The van der Waals surface area contributed by atoms with E-state index >= 15 is 0 Å². The molecule has 0 amide bonds. The van der Waals surface area contributed by atoms with Crippen LogP contribution in [0, 0.1) is 17.1 Å². The molecule has 2 N–H and O–H groups in total. The Balaban J connectivity index is 0.00000261. The van der Waals surface area contributed by atoms with Crippen molar-refractivity contribution in [2.24, 2.45) is 4.99 Å². The molecular formula is C20H20FIN4O. The molecule has 27 heavy (non-hydrogen) atoms. The predicted octanol–water partition coefficient (Wildman–Crippen LogP) is 4.49. The van der Waals surface area contributed by atoms with Crippen molar-refractivity contribution in [2.75, 3.05) is 7.05 Å². The molecule has 1 atom stereocenters. The minimum absolute atomic E-state index is 0. The summed E-state index contributed by atoms with van der Waals surface area (Å²) < 4.78 is 19.8. The number of nitrogens with zero attached hydrogens (tertiary/aromatic N) is 2. The van der Waals surface area contributed by atoms with Crippen molar-refractivity contribution in [1.82, 2.24) is 10.6 Å². The van der Waals surface area contributed by atoms with Crippen LogP contribution in [0.2, 0.25) is 0 Å². The molecule has 0 aliphatic heterocycles. The second-order valence-corrected chi connectivity index (χ2v) is 5.90. The first-order valence-corrected chi connectivity index (χ1v) is 8.25. The van der Waals surface area contributed by atoms with Crippen molar-refractivity contribution < 1.29 is 8.81 Å². The van der Waals surface area contributed by atoms with E-state index in [0.29, 0.717) is 17.1 Å². The highest BCUT2D eigenvalue weighted by molar-refractivity contribution is 14.0. The van der Waals surface area contributed by atoms with Gasteiger partial charge in [-0.25, -0.2) is 4.39 Å². The SMILES string of the molecule is CN=C(NCc1ccc(C#N)cc1F)NC(C)c1cc2ccccc2o1.I. The van der Waals surface area contributed by atoms with Crippen LogP contribution < -0.4 is 10.6 Å². The van der Waals surface area contributed by atoms with Crippen LogP contribution in [-0.4, -0.2) is 13.0 Å². The van der Waals surface area contributed by atoms with Gasteiger partial charge in [0, 0.05) is 24.5 Å². The summed E-state index contributed by atoms with van der Waals surface area (Å²) in [6.45, 7) is 2.22. The van der Waals surface area contributed by atoms with Gasteiger partial charge in [-0.2, -0.15) is 5.26 Å². The highest BCUT2D eigenvalue weighted by Gasteiger charge is 2.13. The van der Waals surface area contributed by atoms with Crippen molar-refractivity contribution in [3.63, 3.8) is 0 Å². The maximum atomic E-state index is 14.0. The molecule has 0 bridgehead atoms. The van der Waals surface area contributed by atoms with E-state index in [-0.39, 0.29) is 36.6 Å². The molecule has 1 aromatic heterocycles. The van der Waals surface area contributed by atoms with E-state index < -0.39 is 5.82 Å². The minimum Gasteiger partial charge on any atom is -0.459 e. The number of benzene rings is 2. The molecule has 0 radical (unpaired) electrons. The molecule has 0 aliphatic rings. The number of rotatable bonds is 4. The summed E-state index contributed by atoms with van der Waals surface area (Å²) >= 11 is 0. The van der Waals surface area contributed by atoms with Crippen molar-refractivity contribution in [3.05, 3.63) is 71.2 Å². The monoisotopic (exact) mass is 478 g/mol. The van der Waals surface area contributed by atoms with Gasteiger partial charge in [0.1, 0.15) is 17.2 Å². The van der Waals surface area contributed by atoms with Gasteiger partial charge in [0.2, 0.25) is 0 Å². The Bertz CT molecular complexity index is 960. The van der Waals surface area contributed by atoms with Crippen molar-refractivity contribution in [3.8, 4) is 6.07 Å². The van der Waals surface area contributed by atoms with Crippen LogP contribution >= 0.6 is 24.0 Å². The molecule has 0 spiro atoms. The highest BCUT2D eigenvalue weighted by atomic mass is 127. The summed E-state index contributed by atoms with van der Waals surface area (Å²) in [6, 6.07) is 16.0. The van der Waals surface area contributed by atoms with E-state index in [1.165, 1.54) is 6.07 Å². The van der Waals surface area contributed by atoms with Crippen LogP contribution in [0.15, 0.2) is 57.9 Å². The third-order valence-electron chi connectivity index (χ3n) is 4.08. The van der Waals surface area contributed by atoms with Crippen LogP contribution in [0.1, 0.15) is 29.9 Å². The first-order chi connectivity index (χ1) is 12.6. The van der Waals surface area contributed by atoms with E-state index in [2.05, 4.69) is 15.6 Å². The van der Waals surface area contributed by atoms with Crippen molar-refractivity contribution in [2.45, 2.75) is 19.5 Å². The topological polar surface area (TPSA) is 73.3 Å². The van der Waals surface area contributed by atoms with E-state index in [1.807, 2.05) is 43.3 Å². The zero-order valence-corrected chi connectivity index (χ0v) is 17.3. The maximum Gasteiger partial charge on any atom is 0.191 e. The molecule has 0 saturated heterocycles. The molecule has 5 nitrogen and oxygen atoms in total. The number of fused-ring (bicyclic) bond motifs is 1. The Morgan fingerprint density at radius 3 is 2.70 bits per heavy atom.